The van der Waals surface area contributed by atoms with E-state index >= 15 is 0 Å². The smallest absolute Gasteiger partial charge is 0.224 e. The molecule has 5 nitrogen and oxygen atoms in total. The third-order valence-corrected chi connectivity index (χ3v) is 2.99. The molecule has 1 aromatic carbocycles. The van der Waals surface area contributed by atoms with Crippen LogP contribution in [0.15, 0.2) is 36.7 Å². The monoisotopic (exact) mass is 278 g/mol. The summed E-state index contributed by atoms with van der Waals surface area (Å²) in [6.45, 7) is 1.09. The zero-order chi connectivity index (χ0) is 13.7. The summed E-state index contributed by atoms with van der Waals surface area (Å²) in [6.07, 6.45) is 3.58. The molecule has 0 radical (unpaired) electrons. The summed E-state index contributed by atoms with van der Waals surface area (Å²) in [5, 5.41) is 7.46. The predicted octanol–water partition coefficient (Wildman–Crippen LogP) is 1.48. The lowest BCUT2D eigenvalue weighted by Gasteiger charge is -2.06. The first-order valence-corrected chi connectivity index (χ1v) is 6.31. The fourth-order valence-electron chi connectivity index (χ4n) is 1.69. The number of nitrogens with one attached hydrogen (secondary N) is 1. The number of halogens is 1. The molecule has 19 heavy (non-hydrogen) atoms. The molecule has 1 heterocycles. The van der Waals surface area contributed by atoms with Crippen LogP contribution in [0.25, 0.3) is 0 Å². The average Bonchev–Trinajstić information content (AvgIpc) is 2.78. The van der Waals surface area contributed by atoms with Crippen LogP contribution in [0, 0.1) is 0 Å². The van der Waals surface area contributed by atoms with Crippen molar-refractivity contribution in [3.05, 3.63) is 47.2 Å². The summed E-state index contributed by atoms with van der Waals surface area (Å²) in [5.74, 6) is -0.0618. The first-order chi connectivity index (χ1) is 9.15. The number of nitrogens with zero attached hydrogens (tertiary/aromatic N) is 2. The van der Waals surface area contributed by atoms with Crippen molar-refractivity contribution in [3.8, 4) is 0 Å². The Morgan fingerprint density at radius 1 is 1.42 bits per heavy atom. The van der Waals surface area contributed by atoms with E-state index in [2.05, 4.69) is 10.4 Å². The van der Waals surface area contributed by atoms with Crippen LogP contribution in [0.2, 0.25) is 5.02 Å². The minimum atomic E-state index is -0.0618. The quantitative estimate of drug-likeness (QED) is 0.870. The van der Waals surface area contributed by atoms with Crippen molar-refractivity contribution >= 4 is 23.2 Å². The van der Waals surface area contributed by atoms with Crippen LogP contribution >= 0.6 is 11.6 Å². The summed E-state index contributed by atoms with van der Waals surface area (Å²) in [7, 11) is 0. The number of carbonyl (C=O) groups is 1. The third-order valence-electron chi connectivity index (χ3n) is 2.63. The van der Waals surface area contributed by atoms with Gasteiger partial charge in [0.1, 0.15) is 0 Å². The first kappa shape index (κ1) is 13.4. The van der Waals surface area contributed by atoms with Gasteiger partial charge < -0.3 is 11.1 Å². The molecule has 0 aliphatic heterocycles. The molecule has 2 aromatic rings. The Labute approximate surface area is 116 Å². The van der Waals surface area contributed by atoms with Gasteiger partial charge in [0.25, 0.3) is 0 Å². The Bertz CT molecular complexity index is 567. The summed E-state index contributed by atoms with van der Waals surface area (Å²) >= 11 is 5.99. The highest BCUT2D eigenvalue weighted by molar-refractivity contribution is 6.31. The molecule has 1 aromatic heterocycles. The van der Waals surface area contributed by atoms with Gasteiger partial charge >= 0.3 is 0 Å². The maximum absolute atomic E-state index is 11.7. The molecule has 2 rings (SSSR count). The topological polar surface area (TPSA) is 72.9 Å². The summed E-state index contributed by atoms with van der Waals surface area (Å²) in [5.41, 5.74) is 6.98. The molecule has 6 heteroatoms. The number of carbonyl (C=O) groups excluding carboxylic acids is 1. The highest BCUT2D eigenvalue weighted by Crippen LogP contribution is 2.15. The Balaban J connectivity index is 1.77. The van der Waals surface area contributed by atoms with Gasteiger partial charge in [0.05, 0.1) is 24.8 Å². The number of rotatable bonds is 5. The predicted molar refractivity (Wildman–Crippen MR) is 74.8 cm³/mol. The molecule has 100 valence electrons. The van der Waals surface area contributed by atoms with E-state index in [1.165, 1.54) is 0 Å². The van der Waals surface area contributed by atoms with Gasteiger partial charge in [-0.2, -0.15) is 5.10 Å². The van der Waals surface area contributed by atoms with Crippen molar-refractivity contribution in [1.82, 2.24) is 15.1 Å². The summed E-state index contributed by atoms with van der Waals surface area (Å²) < 4.78 is 1.69. The van der Waals surface area contributed by atoms with E-state index in [1.807, 2.05) is 18.2 Å². The molecule has 0 saturated heterocycles. The molecule has 0 aliphatic carbocycles. The molecule has 3 N–H and O–H groups in total. The zero-order valence-corrected chi connectivity index (χ0v) is 11.1. The van der Waals surface area contributed by atoms with Crippen molar-refractivity contribution in [2.75, 3.05) is 12.3 Å². The van der Waals surface area contributed by atoms with Gasteiger partial charge in [0.2, 0.25) is 5.91 Å². The SMILES string of the molecule is Nc1cnn(CCNC(=O)Cc2ccccc2Cl)c1. The van der Waals surface area contributed by atoms with Crippen molar-refractivity contribution in [2.45, 2.75) is 13.0 Å². The lowest BCUT2D eigenvalue weighted by atomic mass is 10.1. The normalized spacial score (nSPS) is 10.4. The van der Waals surface area contributed by atoms with E-state index in [9.17, 15) is 4.79 Å². The van der Waals surface area contributed by atoms with E-state index < -0.39 is 0 Å². The number of hydrogen-bond donors (Lipinski definition) is 2. The van der Waals surface area contributed by atoms with Gasteiger partial charge in [-0.15, -0.1) is 0 Å². The van der Waals surface area contributed by atoms with Crippen molar-refractivity contribution < 1.29 is 4.79 Å². The van der Waals surface area contributed by atoms with Crippen LogP contribution in [0.4, 0.5) is 5.69 Å². The van der Waals surface area contributed by atoms with Crippen LogP contribution in [0.1, 0.15) is 5.56 Å². The van der Waals surface area contributed by atoms with E-state index in [4.69, 9.17) is 17.3 Å². The van der Waals surface area contributed by atoms with E-state index in [0.717, 1.165) is 5.56 Å². The molecule has 0 spiro atoms. The van der Waals surface area contributed by atoms with Crippen LogP contribution in [-0.4, -0.2) is 22.2 Å². The lowest BCUT2D eigenvalue weighted by Crippen LogP contribution is -2.28. The Morgan fingerprint density at radius 2 is 2.21 bits per heavy atom. The van der Waals surface area contributed by atoms with E-state index in [0.29, 0.717) is 23.8 Å². The Kier molecular flexibility index (Phi) is 4.41. The van der Waals surface area contributed by atoms with Crippen LogP contribution in [-0.2, 0) is 17.8 Å². The molecule has 0 bridgehead atoms. The first-order valence-electron chi connectivity index (χ1n) is 5.93. The fraction of sp³-hybridized carbons (Fsp3) is 0.231. The number of benzene rings is 1. The molecule has 0 saturated carbocycles. The summed E-state index contributed by atoms with van der Waals surface area (Å²) in [6, 6.07) is 7.32. The van der Waals surface area contributed by atoms with Gasteiger partial charge in [-0.3, -0.25) is 9.48 Å². The molecule has 0 aliphatic rings. The van der Waals surface area contributed by atoms with Gasteiger partial charge in [-0.05, 0) is 11.6 Å². The molecular formula is C13H15ClN4O. The zero-order valence-electron chi connectivity index (χ0n) is 10.3. The Morgan fingerprint density at radius 3 is 2.89 bits per heavy atom. The second-order valence-corrected chi connectivity index (χ2v) is 4.56. The molecular weight excluding hydrogens is 264 g/mol. The molecule has 0 fully saturated rings. The van der Waals surface area contributed by atoms with Crippen molar-refractivity contribution in [2.24, 2.45) is 0 Å². The van der Waals surface area contributed by atoms with Crippen LogP contribution in [0.3, 0.4) is 0 Å². The van der Waals surface area contributed by atoms with Crippen LogP contribution < -0.4 is 11.1 Å². The van der Waals surface area contributed by atoms with E-state index in [-0.39, 0.29) is 12.3 Å². The third kappa shape index (κ3) is 3.99. The molecule has 0 atom stereocenters. The highest BCUT2D eigenvalue weighted by atomic mass is 35.5. The maximum atomic E-state index is 11.7. The number of anilines is 1. The highest BCUT2D eigenvalue weighted by Gasteiger charge is 2.06. The standard InChI is InChI=1S/C13H15ClN4O/c14-12-4-2-1-3-10(12)7-13(19)16-5-6-18-9-11(15)8-17-18/h1-4,8-9H,5-7,15H2,(H,16,19). The maximum Gasteiger partial charge on any atom is 0.224 e. The lowest BCUT2D eigenvalue weighted by molar-refractivity contribution is -0.120. The van der Waals surface area contributed by atoms with Crippen molar-refractivity contribution in [1.29, 1.82) is 0 Å². The molecule has 0 unspecified atom stereocenters. The number of aromatic nitrogens is 2. The van der Waals surface area contributed by atoms with E-state index in [1.54, 1.807) is 23.1 Å². The minimum Gasteiger partial charge on any atom is -0.396 e. The number of amides is 1. The Hall–Kier alpha value is -2.01. The van der Waals surface area contributed by atoms with Crippen LogP contribution in [0.5, 0.6) is 0 Å². The van der Waals surface area contributed by atoms with Gasteiger partial charge in [-0.25, -0.2) is 0 Å². The number of nitrogens with two attached hydrogens (primary N) is 1. The average molecular weight is 279 g/mol. The second-order valence-electron chi connectivity index (χ2n) is 4.15. The summed E-state index contributed by atoms with van der Waals surface area (Å²) in [4.78, 5) is 11.7. The van der Waals surface area contributed by atoms with Gasteiger partial charge in [0.15, 0.2) is 0 Å². The largest absolute Gasteiger partial charge is 0.396 e. The second kappa shape index (κ2) is 6.24. The van der Waals surface area contributed by atoms with Crippen molar-refractivity contribution in [3.63, 3.8) is 0 Å². The number of nitrogen functional groups attached to an aromatic ring is 1. The number of hydrogen-bond acceptors (Lipinski definition) is 3. The minimum absolute atomic E-state index is 0.0618. The van der Waals surface area contributed by atoms with Gasteiger partial charge in [-0.1, -0.05) is 29.8 Å². The molecule has 1 amide bonds. The van der Waals surface area contributed by atoms with Gasteiger partial charge in [0, 0.05) is 17.8 Å². The fourth-order valence-corrected chi connectivity index (χ4v) is 1.89.